The smallest absolute Gasteiger partial charge is 0.501 e. The Morgan fingerprint density at radius 3 is 3.00 bits per heavy atom. The minimum Gasteiger partial charge on any atom is -0.708 e. The molecule has 1 aromatic rings. The van der Waals surface area contributed by atoms with E-state index in [4.69, 9.17) is 0 Å². The second kappa shape index (κ2) is 2.30. The highest BCUT2D eigenvalue weighted by Crippen LogP contribution is 1.90. The quantitative estimate of drug-likeness (QED) is 0.384. The molecule has 0 aliphatic rings. The van der Waals surface area contributed by atoms with Crippen molar-refractivity contribution in [3.63, 3.8) is 0 Å². The topological polar surface area (TPSA) is 49.1 Å². The van der Waals surface area contributed by atoms with Gasteiger partial charge < -0.3 is 9.94 Å². The Hall–Kier alpha value is -1.32. The molecule has 9 heavy (non-hydrogen) atoms. The van der Waals surface area contributed by atoms with E-state index in [9.17, 15) is 5.21 Å². The lowest BCUT2D eigenvalue weighted by Gasteiger charge is -2.00. The van der Waals surface area contributed by atoms with Crippen LogP contribution in [-0.4, -0.2) is 12.1 Å². The SMILES string of the molecule is COc1nccc[n+]1[O-]. The molecule has 0 saturated carbocycles. The minimum atomic E-state index is 0.0671. The number of hydrogen-bond acceptors (Lipinski definition) is 3. The zero-order valence-electron chi connectivity index (χ0n) is 4.94. The Bertz CT molecular complexity index is 202. The van der Waals surface area contributed by atoms with E-state index < -0.39 is 0 Å². The van der Waals surface area contributed by atoms with Crippen molar-refractivity contribution in [3.8, 4) is 6.01 Å². The molecule has 0 radical (unpaired) electrons. The highest BCUT2D eigenvalue weighted by molar-refractivity contribution is 4.83. The van der Waals surface area contributed by atoms with Gasteiger partial charge in [-0.25, -0.2) is 4.73 Å². The molecule has 0 atom stereocenters. The number of hydrogen-bond donors (Lipinski definition) is 0. The number of aromatic nitrogens is 2. The maximum atomic E-state index is 10.6. The van der Waals surface area contributed by atoms with Gasteiger partial charge in [0.1, 0.15) is 12.4 Å². The molecule has 0 aliphatic heterocycles. The minimum absolute atomic E-state index is 0.0671. The van der Waals surface area contributed by atoms with Crippen LogP contribution < -0.4 is 9.47 Å². The molecule has 0 aromatic carbocycles. The summed E-state index contributed by atoms with van der Waals surface area (Å²) in [6.45, 7) is 0. The van der Waals surface area contributed by atoms with Crippen LogP contribution in [0.2, 0.25) is 0 Å². The fourth-order valence-corrected chi connectivity index (χ4v) is 0.487. The van der Waals surface area contributed by atoms with Crippen LogP contribution in [0.5, 0.6) is 6.01 Å². The van der Waals surface area contributed by atoms with Crippen LogP contribution in [0.25, 0.3) is 0 Å². The Labute approximate surface area is 52.3 Å². The average molecular weight is 126 g/mol. The van der Waals surface area contributed by atoms with Gasteiger partial charge in [-0.05, 0) is 4.98 Å². The van der Waals surface area contributed by atoms with E-state index in [0.29, 0.717) is 4.73 Å². The molecule has 0 fully saturated rings. The van der Waals surface area contributed by atoms with Crippen molar-refractivity contribution < 1.29 is 9.47 Å². The van der Waals surface area contributed by atoms with Gasteiger partial charge in [0.2, 0.25) is 0 Å². The molecule has 0 N–H and O–H groups in total. The Kier molecular flexibility index (Phi) is 1.48. The van der Waals surface area contributed by atoms with Gasteiger partial charge in [0.05, 0.1) is 7.11 Å². The van der Waals surface area contributed by atoms with E-state index in [1.807, 2.05) is 0 Å². The van der Waals surface area contributed by atoms with E-state index in [-0.39, 0.29) is 6.01 Å². The summed E-state index contributed by atoms with van der Waals surface area (Å²) >= 11 is 0. The van der Waals surface area contributed by atoms with Crippen molar-refractivity contribution in [1.29, 1.82) is 0 Å². The van der Waals surface area contributed by atoms with Gasteiger partial charge in [-0.1, -0.05) is 0 Å². The second-order valence-electron chi connectivity index (χ2n) is 1.43. The lowest BCUT2D eigenvalue weighted by atomic mass is 10.7. The van der Waals surface area contributed by atoms with Crippen molar-refractivity contribution in [2.45, 2.75) is 0 Å². The van der Waals surface area contributed by atoms with Gasteiger partial charge in [0.15, 0.2) is 0 Å². The Morgan fingerprint density at radius 2 is 2.56 bits per heavy atom. The van der Waals surface area contributed by atoms with Gasteiger partial charge in [-0.2, -0.15) is 0 Å². The largest absolute Gasteiger partial charge is 0.708 e. The van der Waals surface area contributed by atoms with E-state index in [0.717, 1.165) is 0 Å². The first kappa shape index (κ1) is 5.81. The Morgan fingerprint density at radius 1 is 1.78 bits per heavy atom. The van der Waals surface area contributed by atoms with Gasteiger partial charge in [0, 0.05) is 6.07 Å². The lowest BCUT2D eigenvalue weighted by molar-refractivity contribution is -0.615. The molecule has 0 spiro atoms. The summed E-state index contributed by atoms with van der Waals surface area (Å²) in [5.74, 6) is 0. The van der Waals surface area contributed by atoms with Gasteiger partial charge >= 0.3 is 6.01 Å². The molecular formula is C5H6N2O2. The summed E-state index contributed by atoms with van der Waals surface area (Å²) in [6.07, 6.45) is 2.82. The van der Waals surface area contributed by atoms with Crippen molar-refractivity contribution in [1.82, 2.24) is 4.98 Å². The molecular weight excluding hydrogens is 120 g/mol. The van der Waals surface area contributed by atoms with Crippen LogP contribution in [0.15, 0.2) is 18.5 Å². The summed E-state index contributed by atoms with van der Waals surface area (Å²) in [6, 6.07) is 1.60. The summed E-state index contributed by atoms with van der Waals surface area (Å²) in [5.41, 5.74) is 0. The van der Waals surface area contributed by atoms with Gasteiger partial charge in [-0.15, -0.1) is 0 Å². The fourth-order valence-electron chi connectivity index (χ4n) is 0.487. The molecule has 48 valence electrons. The van der Waals surface area contributed by atoms with Crippen LogP contribution in [0.3, 0.4) is 0 Å². The molecule has 0 unspecified atom stereocenters. The monoisotopic (exact) mass is 126 g/mol. The lowest BCUT2D eigenvalue weighted by Crippen LogP contribution is -2.28. The van der Waals surface area contributed by atoms with E-state index in [2.05, 4.69) is 9.72 Å². The fraction of sp³-hybridized carbons (Fsp3) is 0.200. The van der Waals surface area contributed by atoms with Crippen LogP contribution in [-0.2, 0) is 0 Å². The number of nitrogens with zero attached hydrogens (tertiary/aromatic N) is 2. The molecule has 1 rings (SSSR count). The highest BCUT2D eigenvalue weighted by atomic mass is 16.5. The third-order valence-electron chi connectivity index (χ3n) is 0.864. The first-order chi connectivity index (χ1) is 4.34. The van der Waals surface area contributed by atoms with Gasteiger partial charge in [0.25, 0.3) is 0 Å². The van der Waals surface area contributed by atoms with Crippen LogP contribution in [0.1, 0.15) is 0 Å². The summed E-state index contributed by atoms with van der Waals surface area (Å²) in [5, 5.41) is 10.6. The van der Waals surface area contributed by atoms with Gasteiger partial charge in [-0.3, -0.25) is 0 Å². The molecule has 1 aromatic heterocycles. The number of methoxy groups -OCH3 is 1. The zero-order valence-corrected chi connectivity index (χ0v) is 4.94. The Balaban J connectivity index is 3.01. The highest BCUT2D eigenvalue weighted by Gasteiger charge is 2.01. The molecule has 1 heterocycles. The molecule has 0 amide bonds. The first-order valence-corrected chi connectivity index (χ1v) is 2.43. The first-order valence-electron chi connectivity index (χ1n) is 2.43. The summed E-state index contributed by atoms with van der Waals surface area (Å²) in [7, 11) is 1.40. The third-order valence-corrected chi connectivity index (χ3v) is 0.864. The van der Waals surface area contributed by atoms with Crippen LogP contribution in [0, 0.1) is 5.21 Å². The van der Waals surface area contributed by atoms with E-state index in [1.165, 1.54) is 25.6 Å². The summed E-state index contributed by atoms with van der Waals surface area (Å²) < 4.78 is 5.14. The number of ether oxygens (including phenoxy) is 1. The zero-order chi connectivity index (χ0) is 6.69. The maximum Gasteiger partial charge on any atom is 0.501 e. The predicted molar refractivity (Wildman–Crippen MR) is 29.7 cm³/mol. The second-order valence-corrected chi connectivity index (χ2v) is 1.43. The molecule has 0 aliphatic carbocycles. The van der Waals surface area contributed by atoms with Crippen LogP contribution >= 0.6 is 0 Å². The molecule has 0 bridgehead atoms. The van der Waals surface area contributed by atoms with E-state index >= 15 is 0 Å². The van der Waals surface area contributed by atoms with Crippen molar-refractivity contribution in [2.24, 2.45) is 0 Å². The molecule has 4 heteroatoms. The normalized spacial score (nSPS) is 9.00. The average Bonchev–Trinajstić information content (AvgIpc) is 1.89. The van der Waals surface area contributed by atoms with E-state index in [1.54, 1.807) is 0 Å². The standard InChI is InChI=1S/C5H6N2O2/c1-9-5-6-3-2-4-7(5)8/h2-4H,1H3. The van der Waals surface area contributed by atoms with Crippen molar-refractivity contribution in [2.75, 3.05) is 7.11 Å². The maximum absolute atomic E-state index is 10.6. The molecule has 0 saturated heterocycles. The van der Waals surface area contributed by atoms with Crippen molar-refractivity contribution >= 4 is 0 Å². The van der Waals surface area contributed by atoms with Crippen LogP contribution in [0.4, 0.5) is 0 Å². The summed E-state index contributed by atoms with van der Waals surface area (Å²) in [4.78, 5) is 3.62. The number of rotatable bonds is 1. The van der Waals surface area contributed by atoms with Crippen molar-refractivity contribution in [3.05, 3.63) is 23.7 Å². The third kappa shape index (κ3) is 1.07. The molecule has 4 nitrogen and oxygen atoms in total. The predicted octanol–water partition coefficient (Wildman–Crippen LogP) is -0.276.